The zero-order valence-corrected chi connectivity index (χ0v) is 16.5. The second kappa shape index (κ2) is 9.20. The van der Waals surface area contributed by atoms with Gasteiger partial charge in [-0.05, 0) is 37.8 Å². The number of hydrogen-bond donors (Lipinski definition) is 0. The number of esters is 1. The number of rotatable bonds is 7. The summed E-state index contributed by atoms with van der Waals surface area (Å²) in [4.78, 5) is 32.6. The van der Waals surface area contributed by atoms with E-state index in [9.17, 15) is 14.9 Å². The van der Waals surface area contributed by atoms with Gasteiger partial charge in [0.1, 0.15) is 5.75 Å². The molecule has 0 amide bonds. The molecule has 0 aliphatic carbocycles. The Hall–Kier alpha value is -3.10. The molecule has 10 nitrogen and oxygen atoms in total. The maximum atomic E-state index is 12.3. The molecule has 0 saturated heterocycles. The van der Waals surface area contributed by atoms with Crippen LogP contribution in [0.15, 0.2) is 34.8 Å². The van der Waals surface area contributed by atoms with Crippen LogP contribution < -0.4 is 4.74 Å². The van der Waals surface area contributed by atoms with Crippen LogP contribution in [0.1, 0.15) is 18.1 Å². The third-order valence-corrected chi connectivity index (χ3v) is 4.37. The van der Waals surface area contributed by atoms with Crippen LogP contribution in [0.3, 0.4) is 0 Å². The first-order chi connectivity index (χ1) is 13.4. The fraction of sp³-hybridized carbons (Fsp3) is 0.353. The van der Waals surface area contributed by atoms with Crippen molar-refractivity contribution < 1.29 is 24.0 Å². The fourth-order valence-electron chi connectivity index (χ4n) is 2.34. The average Bonchev–Trinajstić information content (AvgIpc) is 2.68. The first-order valence-corrected chi connectivity index (χ1v) is 9.35. The number of ether oxygens (including phenoxy) is 2. The van der Waals surface area contributed by atoms with Crippen LogP contribution in [0.5, 0.6) is 5.75 Å². The molecule has 11 heteroatoms. The van der Waals surface area contributed by atoms with Crippen molar-refractivity contribution in [2.24, 2.45) is 4.99 Å². The van der Waals surface area contributed by atoms with Crippen LogP contribution in [-0.2, 0) is 14.4 Å². The normalized spacial score (nSPS) is 16.3. The van der Waals surface area contributed by atoms with E-state index in [2.05, 4.69) is 4.99 Å². The van der Waals surface area contributed by atoms with Gasteiger partial charge in [0.2, 0.25) is 5.71 Å². The number of nitrogens with zero attached hydrogens (tertiary/aromatic N) is 4. The second-order valence-electron chi connectivity index (χ2n) is 5.37. The molecule has 0 N–H and O–H groups in total. The Bertz CT molecular complexity index is 892. The summed E-state index contributed by atoms with van der Waals surface area (Å²) in [6.45, 7) is 3.33. The number of carbonyl (C=O) groups excluding carboxylic acids is 1. The SMILES string of the molecule is CCOC(=O)C1=NC(SC)N(OC)C(Oc2cc(C#N)ccc2C)=C1[N+](=O)[O-]. The zero-order chi connectivity index (χ0) is 20.8. The summed E-state index contributed by atoms with van der Waals surface area (Å²) in [5.41, 5.74) is -1.03. The number of aliphatic imine (C=N–C) groups is 1. The van der Waals surface area contributed by atoms with E-state index in [1.54, 1.807) is 32.2 Å². The van der Waals surface area contributed by atoms with Crippen LogP contribution in [0.25, 0.3) is 0 Å². The smallest absolute Gasteiger partial charge is 0.364 e. The van der Waals surface area contributed by atoms with Crippen molar-refractivity contribution in [3.8, 4) is 11.8 Å². The molecule has 0 saturated carbocycles. The van der Waals surface area contributed by atoms with E-state index < -0.39 is 27.8 Å². The van der Waals surface area contributed by atoms with Gasteiger partial charge in [-0.2, -0.15) is 10.3 Å². The van der Waals surface area contributed by atoms with Crippen LogP contribution in [-0.4, -0.2) is 47.1 Å². The lowest BCUT2D eigenvalue weighted by Crippen LogP contribution is -2.42. The maximum absolute atomic E-state index is 12.3. The minimum atomic E-state index is -0.937. The van der Waals surface area contributed by atoms with Crippen molar-refractivity contribution in [3.05, 3.63) is 51.0 Å². The molecule has 1 heterocycles. The van der Waals surface area contributed by atoms with Gasteiger partial charge in [0, 0.05) is 0 Å². The van der Waals surface area contributed by atoms with Crippen molar-refractivity contribution >= 4 is 23.4 Å². The standard InChI is InChI=1S/C17H18N4O6S/c1-5-26-16(22)13-14(21(23)24)15(20(25-3)17(19-13)28-4)27-12-8-11(9-18)7-6-10(12)2/h6-8,17H,5H2,1-4H3. The number of carbonyl (C=O) groups is 1. The Morgan fingerprint density at radius 3 is 2.75 bits per heavy atom. The summed E-state index contributed by atoms with van der Waals surface area (Å²) in [6, 6.07) is 6.66. The van der Waals surface area contributed by atoms with Crippen LogP contribution in [0, 0.1) is 28.4 Å². The van der Waals surface area contributed by atoms with E-state index in [0.29, 0.717) is 11.1 Å². The highest BCUT2D eigenvalue weighted by atomic mass is 32.2. The van der Waals surface area contributed by atoms with Gasteiger partial charge < -0.3 is 9.47 Å². The molecule has 1 atom stereocenters. The molecule has 1 aromatic carbocycles. The molecule has 0 fully saturated rings. The molecule has 1 aromatic rings. The van der Waals surface area contributed by atoms with Gasteiger partial charge in [-0.25, -0.2) is 9.79 Å². The molecule has 28 heavy (non-hydrogen) atoms. The lowest BCUT2D eigenvalue weighted by atomic mass is 10.1. The van der Waals surface area contributed by atoms with Gasteiger partial charge in [0.25, 0.3) is 0 Å². The predicted molar refractivity (Wildman–Crippen MR) is 101 cm³/mol. The van der Waals surface area contributed by atoms with Crippen LogP contribution in [0.2, 0.25) is 0 Å². The Morgan fingerprint density at radius 2 is 2.21 bits per heavy atom. The Kier molecular flexibility index (Phi) is 6.97. The summed E-state index contributed by atoms with van der Waals surface area (Å²) in [5, 5.41) is 22.0. The zero-order valence-electron chi connectivity index (χ0n) is 15.7. The quantitative estimate of drug-likeness (QED) is 0.380. The minimum absolute atomic E-state index is 0.0281. The molecule has 2 rings (SSSR count). The van der Waals surface area contributed by atoms with Gasteiger partial charge in [0.15, 0.2) is 5.50 Å². The van der Waals surface area contributed by atoms with E-state index in [-0.39, 0.29) is 18.2 Å². The van der Waals surface area contributed by atoms with Crippen molar-refractivity contribution in [1.29, 1.82) is 5.26 Å². The van der Waals surface area contributed by atoms with Gasteiger partial charge in [-0.3, -0.25) is 15.0 Å². The molecule has 0 aromatic heterocycles. The number of nitriles is 1. The molecule has 0 spiro atoms. The number of aryl methyl sites for hydroxylation is 1. The molecule has 148 valence electrons. The number of nitro groups is 1. The molecular weight excluding hydrogens is 388 g/mol. The van der Waals surface area contributed by atoms with Crippen LogP contribution in [0.4, 0.5) is 0 Å². The Morgan fingerprint density at radius 1 is 1.50 bits per heavy atom. The second-order valence-corrected chi connectivity index (χ2v) is 6.27. The predicted octanol–water partition coefficient (Wildman–Crippen LogP) is 2.22. The van der Waals surface area contributed by atoms with Crippen molar-refractivity contribution in [2.45, 2.75) is 19.3 Å². The topological polar surface area (TPSA) is 127 Å². The maximum Gasteiger partial charge on any atom is 0.364 e. The van der Waals surface area contributed by atoms with Crippen molar-refractivity contribution in [2.75, 3.05) is 20.0 Å². The minimum Gasteiger partial charge on any atom is -0.461 e. The molecule has 0 bridgehead atoms. The van der Waals surface area contributed by atoms with E-state index in [1.807, 2.05) is 6.07 Å². The Labute approximate surface area is 165 Å². The lowest BCUT2D eigenvalue weighted by molar-refractivity contribution is -0.421. The monoisotopic (exact) mass is 406 g/mol. The number of hydrogen-bond acceptors (Lipinski definition) is 10. The van der Waals surface area contributed by atoms with Gasteiger partial charge in [0.05, 0.1) is 30.3 Å². The first kappa shape index (κ1) is 21.2. The van der Waals surface area contributed by atoms with Crippen molar-refractivity contribution in [3.63, 3.8) is 0 Å². The highest BCUT2D eigenvalue weighted by Crippen LogP contribution is 2.32. The Balaban J connectivity index is 2.66. The largest absolute Gasteiger partial charge is 0.461 e. The molecule has 1 aliphatic heterocycles. The van der Waals surface area contributed by atoms with Gasteiger partial charge >= 0.3 is 17.5 Å². The summed E-state index contributed by atoms with van der Waals surface area (Å²) in [7, 11) is 1.30. The molecule has 0 radical (unpaired) electrons. The number of hydroxylamine groups is 2. The molecule has 1 aliphatic rings. The molecule has 1 unspecified atom stereocenters. The van der Waals surface area contributed by atoms with Gasteiger partial charge in [-0.1, -0.05) is 6.07 Å². The van der Waals surface area contributed by atoms with Crippen LogP contribution >= 0.6 is 11.8 Å². The summed E-state index contributed by atoms with van der Waals surface area (Å²) < 4.78 is 10.7. The van der Waals surface area contributed by atoms with E-state index >= 15 is 0 Å². The van der Waals surface area contributed by atoms with Gasteiger partial charge in [-0.15, -0.1) is 11.8 Å². The summed E-state index contributed by atoms with van der Waals surface area (Å²) in [6.07, 6.45) is 1.69. The highest BCUT2D eigenvalue weighted by molar-refractivity contribution is 7.99. The summed E-state index contributed by atoms with van der Waals surface area (Å²) in [5.74, 6) is -1.06. The lowest BCUT2D eigenvalue weighted by Gasteiger charge is -2.31. The fourth-order valence-corrected chi connectivity index (χ4v) is 2.93. The summed E-state index contributed by atoms with van der Waals surface area (Å²) >= 11 is 1.17. The average molecular weight is 406 g/mol. The highest BCUT2D eigenvalue weighted by Gasteiger charge is 2.44. The van der Waals surface area contributed by atoms with Crippen molar-refractivity contribution in [1.82, 2.24) is 5.06 Å². The van der Waals surface area contributed by atoms with E-state index in [4.69, 9.17) is 19.6 Å². The number of thioether (sulfide) groups is 1. The first-order valence-electron chi connectivity index (χ1n) is 8.06. The number of benzene rings is 1. The van der Waals surface area contributed by atoms with E-state index in [1.165, 1.54) is 24.9 Å². The third-order valence-electron chi connectivity index (χ3n) is 3.65. The van der Waals surface area contributed by atoms with E-state index in [0.717, 1.165) is 5.06 Å². The third kappa shape index (κ3) is 4.24. The molecular formula is C17H18N4O6S.